The highest BCUT2D eigenvalue weighted by Crippen LogP contribution is 2.29. The van der Waals surface area contributed by atoms with Crippen molar-refractivity contribution in [3.05, 3.63) is 12.7 Å². The van der Waals surface area contributed by atoms with Gasteiger partial charge in [0.2, 0.25) is 0 Å². The highest BCUT2D eigenvalue weighted by molar-refractivity contribution is 4.80. The van der Waals surface area contributed by atoms with E-state index in [2.05, 4.69) is 25.7 Å². The van der Waals surface area contributed by atoms with E-state index >= 15 is 0 Å². The monoisotopic (exact) mass is 195 g/mol. The number of nitrogens with one attached hydrogen (secondary N) is 1. The van der Waals surface area contributed by atoms with Gasteiger partial charge in [0.15, 0.2) is 0 Å². The third-order valence-electron chi connectivity index (χ3n) is 3.44. The maximum Gasteiger partial charge on any atom is 0.00699 e. The van der Waals surface area contributed by atoms with E-state index in [1.54, 1.807) is 0 Å². The first-order valence-electron chi connectivity index (χ1n) is 6.08. The molecule has 0 radical (unpaired) electrons. The van der Waals surface area contributed by atoms with E-state index in [1.807, 2.05) is 6.08 Å². The Morgan fingerprint density at radius 2 is 2.21 bits per heavy atom. The maximum absolute atomic E-state index is 3.75. The number of hydrogen-bond acceptors (Lipinski definition) is 1. The van der Waals surface area contributed by atoms with Gasteiger partial charge in [-0.2, -0.15) is 0 Å². The van der Waals surface area contributed by atoms with Gasteiger partial charge in [0.05, 0.1) is 0 Å². The Kier molecular flexibility index (Phi) is 5.24. The predicted molar refractivity (Wildman–Crippen MR) is 63.4 cm³/mol. The zero-order valence-corrected chi connectivity index (χ0v) is 9.76. The van der Waals surface area contributed by atoms with Gasteiger partial charge in [0.1, 0.15) is 0 Å². The van der Waals surface area contributed by atoms with Crippen molar-refractivity contribution >= 4 is 0 Å². The largest absolute Gasteiger partial charge is 0.314 e. The summed E-state index contributed by atoms with van der Waals surface area (Å²) in [6, 6.07) is 0.774. The van der Waals surface area contributed by atoms with E-state index < -0.39 is 0 Å². The van der Waals surface area contributed by atoms with Crippen molar-refractivity contribution < 1.29 is 0 Å². The van der Waals surface area contributed by atoms with Crippen LogP contribution < -0.4 is 5.32 Å². The van der Waals surface area contributed by atoms with E-state index in [-0.39, 0.29) is 0 Å². The second kappa shape index (κ2) is 6.23. The van der Waals surface area contributed by atoms with Gasteiger partial charge in [-0.05, 0) is 37.6 Å². The second-order valence-electron chi connectivity index (χ2n) is 4.90. The highest BCUT2D eigenvalue weighted by Gasteiger charge is 2.23. The Hall–Kier alpha value is -0.300. The van der Waals surface area contributed by atoms with Crippen LogP contribution in [-0.2, 0) is 0 Å². The van der Waals surface area contributed by atoms with E-state index in [0.29, 0.717) is 0 Å². The van der Waals surface area contributed by atoms with Gasteiger partial charge in [-0.15, -0.1) is 6.58 Å². The fourth-order valence-electron chi connectivity index (χ4n) is 2.41. The summed E-state index contributed by atoms with van der Waals surface area (Å²) in [6.45, 7) is 9.57. The van der Waals surface area contributed by atoms with Crippen LogP contribution in [0.25, 0.3) is 0 Å². The lowest BCUT2D eigenvalue weighted by molar-refractivity contribution is 0.232. The van der Waals surface area contributed by atoms with Crippen LogP contribution in [0.1, 0.15) is 46.0 Å². The fraction of sp³-hybridized carbons (Fsp3) is 0.846. The van der Waals surface area contributed by atoms with Crippen LogP contribution in [-0.4, -0.2) is 12.6 Å². The molecule has 1 saturated carbocycles. The molecule has 2 atom stereocenters. The molecule has 2 unspecified atom stereocenters. The topological polar surface area (TPSA) is 12.0 Å². The molecule has 0 bridgehead atoms. The third kappa shape index (κ3) is 3.83. The zero-order chi connectivity index (χ0) is 10.4. The standard InChI is InChI=1S/C13H25N/c1-4-5-9-14-13-8-6-7-12(10-13)11(2)3/h4,11-14H,1,5-10H2,2-3H3. The van der Waals surface area contributed by atoms with Gasteiger partial charge in [-0.3, -0.25) is 0 Å². The van der Waals surface area contributed by atoms with E-state index in [9.17, 15) is 0 Å². The van der Waals surface area contributed by atoms with Gasteiger partial charge < -0.3 is 5.32 Å². The van der Waals surface area contributed by atoms with Crippen molar-refractivity contribution in [1.29, 1.82) is 0 Å². The minimum absolute atomic E-state index is 0.774. The minimum atomic E-state index is 0.774. The average Bonchev–Trinajstić information content (AvgIpc) is 2.19. The first kappa shape index (κ1) is 11.8. The SMILES string of the molecule is C=CCCNC1CCCC(C(C)C)C1. The lowest BCUT2D eigenvalue weighted by Crippen LogP contribution is -2.35. The third-order valence-corrected chi connectivity index (χ3v) is 3.44. The Labute approximate surface area is 89.0 Å². The van der Waals surface area contributed by atoms with E-state index in [1.165, 1.54) is 25.7 Å². The average molecular weight is 195 g/mol. The molecule has 1 aliphatic carbocycles. The molecule has 0 amide bonds. The molecule has 1 nitrogen and oxygen atoms in total. The fourth-order valence-corrected chi connectivity index (χ4v) is 2.41. The molecule has 1 N–H and O–H groups in total. The van der Waals surface area contributed by atoms with Gasteiger partial charge >= 0.3 is 0 Å². The Balaban J connectivity index is 2.22. The van der Waals surface area contributed by atoms with Crippen LogP contribution in [0.2, 0.25) is 0 Å². The van der Waals surface area contributed by atoms with Gasteiger partial charge in [0.25, 0.3) is 0 Å². The maximum atomic E-state index is 3.75. The summed E-state index contributed by atoms with van der Waals surface area (Å²) in [4.78, 5) is 0. The molecular weight excluding hydrogens is 170 g/mol. The van der Waals surface area contributed by atoms with Crippen molar-refractivity contribution in [3.63, 3.8) is 0 Å². The molecule has 82 valence electrons. The quantitative estimate of drug-likeness (QED) is 0.524. The Morgan fingerprint density at radius 3 is 2.86 bits per heavy atom. The van der Waals surface area contributed by atoms with Crippen molar-refractivity contribution in [3.8, 4) is 0 Å². The predicted octanol–water partition coefficient (Wildman–Crippen LogP) is 3.37. The van der Waals surface area contributed by atoms with Crippen molar-refractivity contribution in [2.45, 2.75) is 52.0 Å². The first-order chi connectivity index (χ1) is 6.74. The number of hydrogen-bond donors (Lipinski definition) is 1. The van der Waals surface area contributed by atoms with Crippen LogP contribution in [0.15, 0.2) is 12.7 Å². The van der Waals surface area contributed by atoms with Gasteiger partial charge in [0, 0.05) is 6.04 Å². The molecule has 0 aromatic rings. The minimum Gasteiger partial charge on any atom is -0.314 e. The van der Waals surface area contributed by atoms with Crippen LogP contribution >= 0.6 is 0 Å². The normalized spacial score (nSPS) is 27.9. The molecule has 14 heavy (non-hydrogen) atoms. The molecule has 0 heterocycles. The van der Waals surface area contributed by atoms with Crippen LogP contribution in [0, 0.1) is 11.8 Å². The molecule has 0 aromatic heterocycles. The molecule has 0 saturated heterocycles. The van der Waals surface area contributed by atoms with Crippen LogP contribution in [0.5, 0.6) is 0 Å². The van der Waals surface area contributed by atoms with Gasteiger partial charge in [-0.1, -0.05) is 32.8 Å². The Morgan fingerprint density at radius 1 is 1.43 bits per heavy atom. The number of rotatable bonds is 5. The van der Waals surface area contributed by atoms with Crippen LogP contribution in [0.4, 0.5) is 0 Å². The molecule has 1 rings (SSSR count). The highest BCUT2D eigenvalue weighted by atomic mass is 14.9. The molecular formula is C13H25N. The first-order valence-corrected chi connectivity index (χ1v) is 6.08. The summed E-state index contributed by atoms with van der Waals surface area (Å²) in [5.41, 5.74) is 0. The van der Waals surface area contributed by atoms with Crippen molar-refractivity contribution in [1.82, 2.24) is 5.32 Å². The summed E-state index contributed by atoms with van der Waals surface area (Å²) in [5, 5.41) is 3.64. The molecule has 1 heteroatoms. The zero-order valence-electron chi connectivity index (χ0n) is 9.76. The molecule has 1 aliphatic rings. The lowest BCUT2D eigenvalue weighted by atomic mass is 9.79. The molecule has 0 aromatic carbocycles. The second-order valence-corrected chi connectivity index (χ2v) is 4.90. The smallest absolute Gasteiger partial charge is 0.00699 e. The van der Waals surface area contributed by atoms with E-state index in [4.69, 9.17) is 0 Å². The van der Waals surface area contributed by atoms with Crippen LogP contribution in [0.3, 0.4) is 0 Å². The molecule has 1 fully saturated rings. The molecule has 0 spiro atoms. The lowest BCUT2D eigenvalue weighted by Gasteiger charge is -2.32. The summed E-state index contributed by atoms with van der Waals surface area (Å²) >= 11 is 0. The summed E-state index contributed by atoms with van der Waals surface area (Å²) in [6.07, 6.45) is 8.71. The van der Waals surface area contributed by atoms with Crippen molar-refractivity contribution in [2.75, 3.05) is 6.54 Å². The Bertz CT molecular complexity index is 163. The van der Waals surface area contributed by atoms with E-state index in [0.717, 1.165) is 30.8 Å². The summed E-state index contributed by atoms with van der Waals surface area (Å²) in [7, 11) is 0. The summed E-state index contributed by atoms with van der Waals surface area (Å²) in [5.74, 6) is 1.81. The van der Waals surface area contributed by atoms with Gasteiger partial charge in [-0.25, -0.2) is 0 Å². The molecule has 0 aliphatic heterocycles. The summed E-state index contributed by atoms with van der Waals surface area (Å²) < 4.78 is 0. The van der Waals surface area contributed by atoms with Crippen molar-refractivity contribution in [2.24, 2.45) is 11.8 Å².